The molecule has 3 nitrogen and oxygen atoms in total. The van der Waals surface area contributed by atoms with Crippen molar-refractivity contribution in [2.75, 3.05) is 11.5 Å². The van der Waals surface area contributed by atoms with Gasteiger partial charge in [0.1, 0.15) is 0 Å². The molecule has 0 aliphatic carbocycles. The van der Waals surface area contributed by atoms with Crippen LogP contribution in [0.4, 0.5) is 20.2 Å². The number of halogens is 2. The van der Waals surface area contributed by atoms with E-state index in [1.165, 1.54) is 6.07 Å². The molecule has 1 aromatic carbocycles. The van der Waals surface area contributed by atoms with E-state index in [4.69, 9.17) is 11.5 Å². The zero-order valence-corrected chi connectivity index (χ0v) is 7.05. The number of aryl methyl sites for hydroxylation is 1. The SMILES string of the molecule is Cc1ccc(OC(F)F)c(N)c1N. The molecule has 0 atom stereocenters. The van der Waals surface area contributed by atoms with Crippen molar-refractivity contribution in [1.29, 1.82) is 0 Å². The molecule has 0 saturated carbocycles. The molecule has 0 heterocycles. The molecule has 1 aromatic rings. The number of nitrogen functional groups attached to an aromatic ring is 2. The molecule has 0 aliphatic heterocycles. The summed E-state index contributed by atoms with van der Waals surface area (Å²) in [4.78, 5) is 0. The highest BCUT2D eigenvalue weighted by Gasteiger charge is 2.10. The van der Waals surface area contributed by atoms with Gasteiger partial charge in [-0.2, -0.15) is 8.78 Å². The fourth-order valence-corrected chi connectivity index (χ4v) is 0.924. The molecule has 0 radical (unpaired) electrons. The van der Waals surface area contributed by atoms with Crippen molar-refractivity contribution in [2.24, 2.45) is 0 Å². The van der Waals surface area contributed by atoms with Crippen LogP contribution in [0.3, 0.4) is 0 Å². The Hall–Kier alpha value is -1.52. The van der Waals surface area contributed by atoms with E-state index < -0.39 is 6.61 Å². The first-order valence-electron chi connectivity index (χ1n) is 3.61. The van der Waals surface area contributed by atoms with Crippen LogP contribution in [0.1, 0.15) is 5.56 Å². The molecule has 0 aliphatic rings. The van der Waals surface area contributed by atoms with E-state index in [2.05, 4.69) is 4.74 Å². The van der Waals surface area contributed by atoms with E-state index in [1.54, 1.807) is 13.0 Å². The number of ether oxygens (including phenoxy) is 1. The fourth-order valence-electron chi connectivity index (χ4n) is 0.924. The van der Waals surface area contributed by atoms with Crippen molar-refractivity contribution in [1.82, 2.24) is 0 Å². The van der Waals surface area contributed by atoms with Crippen molar-refractivity contribution in [3.05, 3.63) is 17.7 Å². The van der Waals surface area contributed by atoms with Gasteiger partial charge in [-0.25, -0.2) is 0 Å². The Labute approximate surface area is 74.3 Å². The van der Waals surface area contributed by atoms with Gasteiger partial charge in [-0.15, -0.1) is 0 Å². The summed E-state index contributed by atoms with van der Waals surface area (Å²) in [7, 11) is 0. The molecule has 72 valence electrons. The van der Waals surface area contributed by atoms with Crippen molar-refractivity contribution in [3.63, 3.8) is 0 Å². The second-order valence-corrected chi connectivity index (χ2v) is 2.59. The molecule has 0 spiro atoms. The van der Waals surface area contributed by atoms with Crippen LogP contribution in [-0.4, -0.2) is 6.61 Å². The molecule has 0 fully saturated rings. The zero-order chi connectivity index (χ0) is 10.0. The molecule has 0 unspecified atom stereocenters. The minimum Gasteiger partial charge on any atom is -0.433 e. The first-order chi connectivity index (χ1) is 6.02. The molecule has 0 aromatic heterocycles. The highest BCUT2D eigenvalue weighted by Crippen LogP contribution is 2.30. The summed E-state index contributed by atoms with van der Waals surface area (Å²) in [5, 5.41) is 0. The van der Waals surface area contributed by atoms with E-state index in [1.807, 2.05) is 0 Å². The molecule has 1 rings (SSSR count). The maximum atomic E-state index is 11.8. The van der Waals surface area contributed by atoms with Gasteiger partial charge in [-0.05, 0) is 18.6 Å². The van der Waals surface area contributed by atoms with Gasteiger partial charge in [0.25, 0.3) is 0 Å². The number of hydrogen-bond acceptors (Lipinski definition) is 3. The van der Waals surface area contributed by atoms with Crippen LogP contribution >= 0.6 is 0 Å². The Kier molecular flexibility index (Phi) is 2.55. The lowest BCUT2D eigenvalue weighted by molar-refractivity contribution is -0.0493. The maximum absolute atomic E-state index is 11.8. The van der Waals surface area contributed by atoms with Crippen LogP contribution < -0.4 is 16.2 Å². The van der Waals surface area contributed by atoms with Gasteiger partial charge in [0.05, 0.1) is 11.4 Å². The molecular formula is C8H10F2N2O. The van der Waals surface area contributed by atoms with Gasteiger partial charge in [-0.1, -0.05) is 6.07 Å². The third-order valence-corrected chi connectivity index (χ3v) is 1.68. The van der Waals surface area contributed by atoms with Gasteiger partial charge in [0, 0.05) is 0 Å². The molecule has 5 heteroatoms. The first-order valence-corrected chi connectivity index (χ1v) is 3.61. The predicted octanol–water partition coefficient (Wildman–Crippen LogP) is 1.76. The minimum absolute atomic E-state index is 0.0558. The molecule has 13 heavy (non-hydrogen) atoms. The van der Waals surface area contributed by atoms with Crippen LogP contribution in [0.5, 0.6) is 5.75 Å². The Balaban J connectivity index is 3.04. The second-order valence-electron chi connectivity index (χ2n) is 2.59. The predicted molar refractivity (Wildman–Crippen MR) is 46.6 cm³/mol. The Morgan fingerprint density at radius 1 is 1.23 bits per heavy atom. The number of alkyl halides is 2. The number of benzene rings is 1. The molecule has 4 N–H and O–H groups in total. The van der Waals surface area contributed by atoms with Crippen molar-refractivity contribution in [3.8, 4) is 5.75 Å². The van der Waals surface area contributed by atoms with Gasteiger partial charge in [0.15, 0.2) is 5.75 Å². The maximum Gasteiger partial charge on any atom is 0.387 e. The second kappa shape index (κ2) is 3.47. The van der Waals surface area contributed by atoms with Crippen molar-refractivity contribution in [2.45, 2.75) is 13.5 Å². The highest BCUT2D eigenvalue weighted by molar-refractivity contribution is 5.73. The summed E-state index contributed by atoms with van der Waals surface area (Å²) in [6.07, 6.45) is 0. The summed E-state index contributed by atoms with van der Waals surface area (Å²) in [5.41, 5.74) is 12.0. The van der Waals surface area contributed by atoms with E-state index >= 15 is 0 Å². The summed E-state index contributed by atoms with van der Waals surface area (Å²) in [5.74, 6) is -0.0851. The minimum atomic E-state index is -2.88. The number of anilines is 2. The largest absolute Gasteiger partial charge is 0.433 e. The number of rotatable bonds is 2. The standard InChI is InChI=1S/C8H10F2N2O/c1-4-2-3-5(13-8(9)10)7(12)6(4)11/h2-3,8H,11-12H2,1H3. The molecule has 0 saturated heterocycles. The van der Waals surface area contributed by atoms with Gasteiger partial charge < -0.3 is 16.2 Å². The Morgan fingerprint density at radius 2 is 1.85 bits per heavy atom. The van der Waals surface area contributed by atoms with Gasteiger partial charge in [0.2, 0.25) is 0 Å². The van der Waals surface area contributed by atoms with Crippen LogP contribution in [-0.2, 0) is 0 Å². The smallest absolute Gasteiger partial charge is 0.387 e. The highest BCUT2D eigenvalue weighted by atomic mass is 19.3. The normalized spacial score (nSPS) is 10.5. The lowest BCUT2D eigenvalue weighted by Crippen LogP contribution is -2.06. The summed E-state index contributed by atoms with van der Waals surface area (Å²) in [6.45, 7) is -1.15. The lowest BCUT2D eigenvalue weighted by atomic mass is 10.1. The number of nitrogens with two attached hydrogens (primary N) is 2. The quantitative estimate of drug-likeness (QED) is 0.695. The third kappa shape index (κ3) is 1.99. The van der Waals surface area contributed by atoms with E-state index in [0.29, 0.717) is 0 Å². The van der Waals surface area contributed by atoms with Gasteiger partial charge in [-0.3, -0.25) is 0 Å². The van der Waals surface area contributed by atoms with Crippen LogP contribution in [0.15, 0.2) is 12.1 Å². The molecule has 0 amide bonds. The summed E-state index contributed by atoms with van der Waals surface area (Å²) < 4.78 is 27.8. The average molecular weight is 188 g/mol. The topological polar surface area (TPSA) is 61.3 Å². The summed E-state index contributed by atoms with van der Waals surface area (Å²) in [6, 6.07) is 2.94. The van der Waals surface area contributed by atoms with Gasteiger partial charge >= 0.3 is 6.61 Å². The average Bonchev–Trinajstić information content (AvgIpc) is 2.06. The Morgan fingerprint density at radius 3 is 2.38 bits per heavy atom. The van der Waals surface area contributed by atoms with Crippen LogP contribution in [0.2, 0.25) is 0 Å². The molecule has 0 bridgehead atoms. The van der Waals surface area contributed by atoms with Crippen molar-refractivity contribution < 1.29 is 13.5 Å². The van der Waals surface area contributed by atoms with E-state index in [9.17, 15) is 8.78 Å². The lowest BCUT2D eigenvalue weighted by Gasteiger charge is -2.10. The van der Waals surface area contributed by atoms with Crippen LogP contribution in [0.25, 0.3) is 0 Å². The first kappa shape index (κ1) is 9.57. The Bertz CT molecular complexity index is 315. The molecular weight excluding hydrogens is 178 g/mol. The summed E-state index contributed by atoms with van der Waals surface area (Å²) >= 11 is 0. The van der Waals surface area contributed by atoms with Crippen molar-refractivity contribution >= 4 is 11.4 Å². The third-order valence-electron chi connectivity index (χ3n) is 1.68. The fraction of sp³-hybridized carbons (Fsp3) is 0.250. The van der Waals surface area contributed by atoms with E-state index in [-0.39, 0.29) is 17.1 Å². The van der Waals surface area contributed by atoms with E-state index in [0.717, 1.165) is 5.56 Å². The number of hydrogen-bond donors (Lipinski definition) is 2. The van der Waals surface area contributed by atoms with Crippen LogP contribution in [0, 0.1) is 6.92 Å². The monoisotopic (exact) mass is 188 g/mol. The zero-order valence-electron chi connectivity index (χ0n) is 7.05.